The van der Waals surface area contributed by atoms with E-state index < -0.39 is 18.0 Å². The molecule has 1 fully saturated rings. The molecule has 0 aromatic heterocycles. The van der Waals surface area contributed by atoms with Crippen molar-refractivity contribution in [1.82, 2.24) is 5.32 Å². The van der Waals surface area contributed by atoms with E-state index in [4.69, 9.17) is 14.2 Å². The molecule has 1 aliphatic heterocycles. The van der Waals surface area contributed by atoms with Crippen molar-refractivity contribution in [2.45, 2.75) is 38.5 Å². The van der Waals surface area contributed by atoms with Crippen molar-refractivity contribution in [2.75, 3.05) is 13.2 Å². The fraction of sp³-hybridized carbons (Fsp3) is 0.364. The van der Waals surface area contributed by atoms with Gasteiger partial charge in [0.15, 0.2) is 6.10 Å². The first-order valence-electron chi connectivity index (χ1n) is 9.59. The average Bonchev–Trinajstić information content (AvgIpc) is 3.25. The third-order valence-corrected chi connectivity index (χ3v) is 4.58. The standard InChI is InChI=1S/C22H24FNO5/c1-15(21(25)24-13-16-4-8-18(23)9-5-16)29-22(26)17-6-10-19(11-7-17)28-14-20-3-2-12-27-20/h4-11,15,20H,2-3,12-14H2,1H3,(H,24,25)/t15-,20-/m0/s1. The van der Waals surface area contributed by atoms with Crippen molar-refractivity contribution in [1.29, 1.82) is 0 Å². The number of halogens is 1. The van der Waals surface area contributed by atoms with Crippen LogP contribution in [0.25, 0.3) is 0 Å². The Bertz CT molecular complexity index is 816. The van der Waals surface area contributed by atoms with E-state index in [-0.39, 0.29) is 18.5 Å². The summed E-state index contributed by atoms with van der Waals surface area (Å²) in [5.41, 5.74) is 1.07. The van der Waals surface area contributed by atoms with E-state index in [1.54, 1.807) is 36.4 Å². The zero-order valence-electron chi connectivity index (χ0n) is 16.2. The minimum Gasteiger partial charge on any atom is -0.491 e. The third kappa shape index (κ3) is 6.29. The minimum absolute atomic E-state index is 0.119. The Morgan fingerprint density at radius 2 is 1.90 bits per heavy atom. The fourth-order valence-electron chi connectivity index (χ4n) is 2.87. The normalized spacial score (nSPS) is 16.8. The molecule has 29 heavy (non-hydrogen) atoms. The molecule has 1 N–H and O–H groups in total. The molecule has 0 spiro atoms. The second-order valence-electron chi connectivity index (χ2n) is 6.86. The molecule has 0 aliphatic carbocycles. The van der Waals surface area contributed by atoms with Crippen molar-refractivity contribution >= 4 is 11.9 Å². The maximum absolute atomic E-state index is 12.9. The summed E-state index contributed by atoms with van der Waals surface area (Å²) in [6.45, 7) is 2.97. The second-order valence-corrected chi connectivity index (χ2v) is 6.86. The minimum atomic E-state index is -0.960. The van der Waals surface area contributed by atoms with E-state index in [1.165, 1.54) is 19.1 Å². The smallest absolute Gasteiger partial charge is 0.338 e. The topological polar surface area (TPSA) is 73.9 Å². The van der Waals surface area contributed by atoms with Gasteiger partial charge in [-0.15, -0.1) is 0 Å². The van der Waals surface area contributed by atoms with Gasteiger partial charge in [-0.3, -0.25) is 4.79 Å². The first-order chi connectivity index (χ1) is 14.0. The molecule has 2 aromatic rings. The number of esters is 1. The monoisotopic (exact) mass is 401 g/mol. The number of nitrogens with one attached hydrogen (secondary N) is 1. The Morgan fingerprint density at radius 1 is 1.17 bits per heavy atom. The van der Waals surface area contributed by atoms with E-state index in [0.717, 1.165) is 25.0 Å². The zero-order valence-corrected chi connectivity index (χ0v) is 16.2. The number of hydrogen-bond acceptors (Lipinski definition) is 5. The molecule has 154 valence electrons. The Labute approximate surface area is 169 Å². The molecule has 0 saturated carbocycles. The summed E-state index contributed by atoms with van der Waals surface area (Å²) in [5.74, 6) is -0.730. The number of amides is 1. The lowest BCUT2D eigenvalue weighted by atomic mass is 10.2. The summed E-state index contributed by atoms with van der Waals surface area (Å²) in [5, 5.41) is 2.66. The Kier molecular flexibility index (Phi) is 7.19. The van der Waals surface area contributed by atoms with Crippen LogP contribution in [0.4, 0.5) is 4.39 Å². The SMILES string of the molecule is C[C@H](OC(=O)c1ccc(OC[C@@H]2CCCO2)cc1)C(=O)NCc1ccc(F)cc1. The average molecular weight is 401 g/mol. The number of carbonyl (C=O) groups excluding carboxylic acids is 2. The quantitative estimate of drug-likeness (QED) is 0.688. The zero-order chi connectivity index (χ0) is 20.6. The lowest BCUT2D eigenvalue weighted by molar-refractivity contribution is -0.129. The van der Waals surface area contributed by atoms with Crippen molar-refractivity contribution < 1.29 is 28.2 Å². The number of benzene rings is 2. The van der Waals surface area contributed by atoms with Gasteiger partial charge in [0.2, 0.25) is 0 Å². The fourth-order valence-corrected chi connectivity index (χ4v) is 2.87. The molecule has 1 saturated heterocycles. The third-order valence-electron chi connectivity index (χ3n) is 4.58. The van der Waals surface area contributed by atoms with Gasteiger partial charge in [0.05, 0.1) is 11.7 Å². The lowest BCUT2D eigenvalue weighted by Crippen LogP contribution is -2.35. The maximum Gasteiger partial charge on any atom is 0.338 e. The van der Waals surface area contributed by atoms with Gasteiger partial charge in [-0.25, -0.2) is 9.18 Å². The highest BCUT2D eigenvalue weighted by Gasteiger charge is 2.19. The summed E-state index contributed by atoms with van der Waals surface area (Å²) in [6, 6.07) is 12.4. The van der Waals surface area contributed by atoms with Gasteiger partial charge in [0.25, 0.3) is 5.91 Å². The summed E-state index contributed by atoms with van der Waals surface area (Å²) in [4.78, 5) is 24.4. The number of ether oxygens (including phenoxy) is 3. The summed E-state index contributed by atoms with van der Waals surface area (Å²) in [6.07, 6.45) is 1.20. The molecule has 1 aliphatic rings. The largest absolute Gasteiger partial charge is 0.491 e. The lowest BCUT2D eigenvalue weighted by Gasteiger charge is -2.14. The van der Waals surface area contributed by atoms with Crippen molar-refractivity contribution in [3.05, 3.63) is 65.5 Å². The van der Waals surface area contributed by atoms with E-state index >= 15 is 0 Å². The molecule has 6 nitrogen and oxygen atoms in total. The van der Waals surface area contributed by atoms with E-state index in [0.29, 0.717) is 17.9 Å². The van der Waals surface area contributed by atoms with Crippen LogP contribution in [0.15, 0.2) is 48.5 Å². The second kappa shape index (κ2) is 10.0. The number of carbonyl (C=O) groups is 2. The Balaban J connectivity index is 1.44. The molecule has 7 heteroatoms. The Hall–Kier alpha value is -2.93. The van der Waals surface area contributed by atoms with Crippen molar-refractivity contribution in [3.8, 4) is 5.75 Å². The molecule has 0 unspecified atom stereocenters. The highest BCUT2D eigenvalue weighted by atomic mass is 19.1. The van der Waals surface area contributed by atoms with Gasteiger partial charge in [0.1, 0.15) is 18.2 Å². The maximum atomic E-state index is 12.9. The number of rotatable bonds is 8. The van der Waals surface area contributed by atoms with Gasteiger partial charge in [-0.1, -0.05) is 12.1 Å². The van der Waals surface area contributed by atoms with E-state index in [2.05, 4.69) is 5.32 Å². The van der Waals surface area contributed by atoms with Gasteiger partial charge in [0, 0.05) is 13.2 Å². The van der Waals surface area contributed by atoms with Crippen LogP contribution in [0.5, 0.6) is 5.75 Å². The number of hydrogen-bond donors (Lipinski definition) is 1. The van der Waals surface area contributed by atoms with Crippen LogP contribution in [0, 0.1) is 5.82 Å². The molecular weight excluding hydrogens is 377 g/mol. The van der Waals surface area contributed by atoms with Gasteiger partial charge in [-0.2, -0.15) is 0 Å². The predicted octanol–water partition coefficient (Wildman–Crippen LogP) is 3.25. The summed E-state index contributed by atoms with van der Waals surface area (Å²) in [7, 11) is 0. The molecule has 3 rings (SSSR count). The first-order valence-corrected chi connectivity index (χ1v) is 9.59. The van der Waals surface area contributed by atoms with E-state index in [9.17, 15) is 14.0 Å². The van der Waals surface area contributed by atoms with Gasteiger partial charge < -0.3 is 19.5 Å². The van der Waals surface area contributed by atoms with Crippen LogP contribution in [-0.4, -0.2) is 37.3 Å². The predicted molar refractivity (Wildman–Crippen MR) is 104 cm³/mol. The van der Waals surface area contributed by atoms with Crippen LogP contribution >= 0.6 is 0 Å². The molecule has 2 aromatic carbocycles. The van der Waals surface area contributed by atoms with Crippen LogP contribution < -0.4 is 10.1 Å². The van der Waals surface area contributed by atoms with Crippen molar-refractivity contribution in [3.63, 3.8) is 0 Å². The molecule has 0 radical (unpaired) electrons. The van der Waals surface area contributed by atoms with Gasteiger partial charge in [-0.05, 0) is 61.7 Å². The summed E-state index contributed by atoms with van der Waals surface area (Å²) < 4.78 is 29.3. The van der Waals surface area contributed by atoms with Crippen LogP contribution in [0.2, 0.25) is 0 Å². The van der Waals surface area contributed by atoms with Crippen LogP contribution in [0.3, 0.4) is 0 Å². The first kappa shape index (κ1) is 20.8. The van der Waals surface area contributed by atoms with Crippen LogP contribution in [0.1, 0.15) is 35.7 Å². The molecule has 2 atom stereocenters. The molecule has 1 heterocycles. The molecular formula is C22H24FNO5. The van der Waals surface area contributed by atoms with Crippen molar-refractivity contribution in [2.24, 2.45) is 0 Å². The van der Waals surface area contributed by atoms with Gasteiger partial charge >= 0.3 is 5.97 Å². The molecule has 1 amide bonds. The summed E-state index contributed by atoms with van der Waals surface area (Å²) >= 11 is 0. The van der Waals surface area contributed by atoms with Crippen LogP contribution in [-0.2, 0) is 20.8 Å². The van der Waals surface area contributed by atoms with E-state index in [1.807, 2.05) is 0 Å². The highest BCUT2D eigenvalue weighted by Crippen LogP contribution is 2.17. The molecule has 0 bridgehead atoms. The highest BCUT2D eigenvalue weighted by molar-refractivity contribution is 5.92. The Morgan fingerprint density at radius 3 is 2.55 bits per heavy atom.